The minimum atomic E-state index is -3.25. The van der Waals surface area contributed by atoms with Gasteiger partial charge in [-0.2, -0.15) is 0 Å². The molecule has 184 valence electrons. The van der Waals surface area contributed by atoms with E-state index in [1.165, 1.54) is 26.4 Å². The van der Waals surface area contributed by atoms with Gasteiger partial charge in [-0.15, -0.1) is 0 Å². The molecule has 2 radical (unpaired) electrons. The third kappa shape index (κ3) is 5.51. The van der Waals surface area contributed by atoms with Crippen molar-refractivity contribution in [3.8, 4) is 17.2 Å². The highest BCUT2D eigenvalue weighted by atomic mass is 79.9. The summed E-state index contributed by atoms with van der Waals surface area (Å²) in [5.74, 6) is -3.09. The Hall–Kier alpha value is -2.27. The van der Waals surface area contributed by atoms with Gasteiger partial charge in [0.25, 0.3) is 5.91 Å². The van der Waals surface area contributed by atoms with Crippen molar-refractivity contribution in [3.05, 3.63) is 51.0 Å². The Balaban J connectivity index is 2.37. The average Bonchev–Trinajstić information content (AvgIpc) is 2.71. The van der Waals surface area contributed by atoms with E-state index in [1.807, 2.05) is 45.1 Å². The summed E-state index contributed by atoms with van der Waals surface area (Å²) in [6.07, 6.45) is -0.160. The van der Waals surface area contributed by atoms with Crippen LogP contribution in [0.15, 0.2) is 28.7 Å². The minimum absolute atomic E-state index is 0.0414. The van der Waals surface area contributed by atoms with Crippen LogP contribution in [-0.4, -0.2) is 56.3 Å². The summed E-state index contributed by atoms with van der Waals surface area (Å²) >= 11 is 3.28. The molecule has 0 aliphatic rings. The molecule has 0 aliphatic heterocycles. The van der Waals surface area contributed by atoms with E-state index in [0.29, 0.717) is 10.2 Å². The number of ether oxygens (including phenoxy) is 3. The zero-order valence-corrected chi connectivity index (χ0v) is 22.0. The van der Waals surface area contributed by atoms with Gasteiger partial charge in [0.05, 0.1) is 25.8 Å². The lowest BCUT2D eigenvalue weighted by molar-refractivity contribution is -0.264. The normalized spacial score (nSPS) is 13.7. The van der Waals surface area contributed by atoms with Gasteiger partial charge in [0.1, 0.15) is 30.6 Å². The Bertz CT molecular complexity index is 1070. The lowest BCUT2D eigenvalue weighted by Gasteiger charge is -2.39. The number of nitrogens with one attached hydrogen (secondary N) is 1. The monoisotopic (exact) mass is 535 g/mol. The lowest BCUT2D eigenvalue weighted by Crippen LogP contribution is -2.63. The molecule has 1 unspecified atom stereocenters. The van der Waals surface area contributed by atoms with E-state index < -0.39 is 22.7 Å². The first kappa shape index (κ1) is 28.0. The Morgan fingerprint density at radius 1 is 0.971 bits per heavy atom. The Morgan fingerprint density at radius 2 is 1.53 bits per heavy atom. The summed E-state index contributed by atoms with van der Waals surface area (Å²) in [7, 11) is 10.2. The van der Waals surface area contributed by atoms with E-state index in [1.54, 1.807) is 7.11 Å². The summed E-state index contributed by atoms with van der Waals surface area (Å²) in [5, 5.41) is 34.4. The maximum absolute atomic E-state index is 12.9. The van der Waals surface area contributed by atoms with E-state index in [4.69, 9.17) is 22.1 Å². The summed E-state index contributed by atoms with van der Waals surface area (Å²) in [4.78, 5) is 12.9. The fourth-order valence-electron chi connectivity index (χ4n) is 4.13. The molecule has 2 aromatic rings. The largest absolute Gasteiger partial charge is 0.496 e. The second-order valence-electron chi connectivity index (χ2n) is 8.89. The van der Waals surface area contributed by atoms with E-state index in [0.717, 1.165) is 16.7 Å². The zero-order chi connectivity index (χ0) is 26.1. The number of rotatable bonds is 9. The van der Waals surface area contributed by atoms with Gasteiger partial charge in [-0.3, -0.25) is 4.79 Å². The van der Waals surface area contributed by atoms with E-state index in [-0.39, 0.29) is 23.5 Å². The standard InChI is InChI=1S/C24H31BBrNO7/c1-13-8-14(2)21(19(9-13)34-7)22(3,4)12-20(28)27-24(30,31)23(25,29)15-10-18(33-6)16(26)11-17(15)32-5/h8-11,29-31H,12H2,1-7H3,(H,27,28). The molecule has 0 aliphatic carbocycles. The smallest absolute Gasteiger partial charge is 0.271 e. The van der Waals surface area contributed by atoms with Gasteiger partial charge in [-0.05, 0) is 59.1 Å². The summed E-state index contributed by atoms with van der Waals surface area (Å²) in [5.41, 5.74) is -1.08. The summed E-state index contributed by atoms with van der Waals surface area (Å²) in [6.45, 7) is 7.53. The number of methoxy groups -OCH3 is 3. The van der Waals surface area contributed by atoms with Crippen molar-refractivity contribution >= 4 is 29.7 Å². The Morgan fingerprint density at radius 3 is 2.06 bits per heavy atom. The van der Waals surface area contributed by atoms with Crippen LogP contribution in [0.3, 0.4) is 0 Å². The summed E-state index contributed by atoms with van der Waals surface area (Å²) in [6, 6.07) is 6.57. The molecule has 0 bridgehead atoms. The van der Waals surface area contributed by atoms with Gasteiger partial charge in [0.15, 0.2) is 0 Å². The first-order chi connectivity index (χ1) is 15.6. The van der Waals surface area contributed by atoms with Gasteiger partial charge >= 0.3 is 0 Å². The fourth-order valence-corrected chi connectivity index (χ4v) is 4.61. The Labute approximate surface area is 209 Å². The van der Waals surface area contributed by atoms with Crippen molar-refractivity contribution in [2.24, 2.45) is 0 Å². The van der Waals surface area contributed by atoms with Crippen LogP contribution in [0, 0.1) is 13.8 Å². The molecule has 0 fully saturated rings. The van der Waals surface area contributed by atoms with Gasteiger partial charge in [-0.25, -0.2) is 0 Å². The van der Waals surface area contributed by atoms with E-state index in [9.17, 15) is 20.1 Å². The molecule has 0 aromatic heterocycles. The molecule has 8 nitrogen and oxygen atoms in total. The van der Waals surface area contributed by atoms with E-state index in [2.05, 4.69) is 15.9 Å². The molecule has 0 heterocycles. The molecule has 1 amide bonds. The molecular formula is C24H31BBrNO7. The molecule has 2 aromatic carbocycles. The van der Waals surface area contributed by atoms with Crippen molar-refractivity contribution < 1.29 is 34.3 Å². The van der Waals surface area contributed by atoms with Crippen molar-refractivity contribution in [2.75, 3.05) is 21.3 Å². The number of carbonyl (C=O) groups excluding carboxylic acids is 1. The van der Waals surface area contributed by atoms with Crippen molar-refractivity contribution in [1.29, 1.82) is 0 Å². The number of hydrogen-bond acceptors (Lipinski definition) is 7. The number of halogens is 1. The third-order valence-electron chi connectivity index (χ3n) is 5.67. The van der Waals surface area contributed by atoms with Crippen LogP contribution in [0.5, 0.6) is 17.2 Å². The van der Waals surface area contributed by atoms with Crippen LogP contribution in [0.1, 0.15) is 42.5 Å². The van der Waals surface area contributed by atoms with Gasteiger partial charge in [0, 0.05) is 23.0 Å². The topological polar surface area (TPSA) is 117 Å². The van der Waals surface area contributed by atoms with Gasteiger partial charge in [0.2, 0.25) is 5.91 Å². The molecule has 4 N–H and O–H groups in total. The van der Waals surface area contributed by atoms with Crippen LogP contribution in [-0.2, 0) is 15.7 Å². The number of carbonyl (C=O) groups is 1. The molecule has 0 saturated carbocycles. The summed E-state index contributed by atoms with van der Waals surface area (Å²) < 4.78 is 16.4. The molecule has 2 rings (SSSR count). The quantitative estimate of drug-likeness (QED) is 0.288. The number of aryl methyl sites for hydroxylation is 2. The molecule has 0 spiro atoms. The molecule has 34 heavy (non-hydrogen) atoms. The minimum Gasteiger partial charge on any atom is -0.496 e. The highest BCUT2D eigenvalue weighted by molar-refractivity contribution is 9.10. The first-order valence-corrected chi connectivity index (χ1v) is 11.2. The van der Waals surface area contributed by atoms with Crippen LogP contribution >= 0.6 is 15.9 Å². The van der Waals surface area contributed by atoms with Gasteiger partial charge < -0.3 is 34.8 Å². The fraction of sp³-hybridized carbons (Fsp3) is 0.458. The third-order valence-corrected chi connectivity index (χ3v) is 6.29. The highest BCUT2D eigenvalue weighted by Gasteiger charge is 2.49. The number of benzene rings is 2. The van der Waals surface area contributed by atoms with Crippen LogP contribution in [0.4, 0.5) is 0 Å². The zero-order valence-electron chi connectivity index (χ0n) is 20.4. The number of aliphatic hydroxyl groups is 3. The maximum Gasteiger partial charge on any atom is 0.271 e. The van der Waals surface area contributed by atoms with Crippen molar-refractivity contribution in [1.82, 2.24) is 5.32 Å². The Kier molecular flexibility index (Phi) is 8.35. The molecule has 1 atom stereocenters. The lowest BCUT2D eigenvalue weighted by atomic mass is 9.71. The van der Waals surface area contributed by atoms with Crippen molar-refractivity contribution in [2.45, 2.75) is 50.9 Å². The maximum atomic E-state index is 12.9. The number of amides is 1. The van der Waals surface area contributed by atoms with Crippen LogP contribution in [0.25, 0.3) is 0 Å². The predicted molar refractivity (Wildman–Crippen MR) is 132 cm³/mol. The van der Waals surface area contributed by atoms with Crippen LogP contribution in [0.2, 0.25) is 0 Å². The van der Waals surface area contributed by atoms with Crippen LogP contribution < -0.4 is 19.5 Å². The highest BCUT2D eigenvalue weighted by Crippen LogP contribution is 2.41. The molecule has 0 saturated heterocycles. The van der Waals surface area contributed by atoms with Gasteiger partial charge in [-0.1, -0.05) is 19.9 Å². The average molecular weight is 536 g/mol. The second-order valence-corrected chi connectivity index (χ2v) is 9.75. The SMILES string of the molecule is [B]C(O)(c1cc(OC)c(Br)cc1OC)C(O)(O)NC(=O)CC(C)(C)c1c(C)cc(C)cc1OC. The van der Waals surface area contributed by atoms with E-state index >= 15 is 0 Å². The predicted octanol–water partition coefficient (Wildman–Crippen LogP) is 2.53. The molecule has 10 heteroatoms. The second kappa shape index (κ2) is 10.2. The molecular weight excluding hydrogens is 505 g/mol. The van der Waals surface area contributed by atoms with Crippen molar-refractivity contribution in [3.63, 3.8) is 0 Å². The first-order valence-electron chi connectivity index (χ1n) is 10.5. The number of hydrogen-bond donors (Lipinski definition) is 4.